The van der Waals surface area contributed by atoms with E-state index < -0.39 is 0 Å². The molecule has 0 N–H and O–H groups in total. The van der Waals surface area contributed by atoms with Gasteiger partial charge in [-0.1, -0.05) is 28.4 Å². The van der Waals surface area contributed by atoms with Gasteiger partial charge in [-0.15, -0.1) is 0 Å². The summed E-state index contributed by atoms with van der Waals surface area (Å²) in [4.78, 5) is 11.9. The van der Waals surface area contributed by atoms with E-state index in [1.807, 2.05) is 6.92 Å². The molecule has 1 saturated heterocycles. The number of ether oxygens (including phenoxy) is 3. The molecule has 0 spiro atoms. The standard InChI is InChI=1S/C15H23BrO4/c1-10-14-12(15(17)20-10)7-11(8-13(14)16)5-3-4-6-19-9-18-2/h8,10-12,14H,3-7,9H2,1-2H3/t10-,11+,12-,14-/m0/s1. The van der Waals surface area contributed by atoms with E-state index in [4.69, 9.17) is 14.2 Å². The average Bonchev–Trinajstić information content (AvgIpc) is 2.69. The second kappa shape index (κ2) is 7.57. The Morgan fingerprint density at radius 2 is 2.25 bits per heavy atom. The van der Waals surface area contributed by atoms with Crippen molar-refractivity contribution in [2.24, 2.45) is 17.8 Å². The summed E-state index contributed by atoms with van der Waals surface area (Å²) in [5, 5.41) is 0. The Morgan fingerprint density at radius 3 is 3.00 bits per heavy atom. The van der Waals surface area contributed by atoms with E-state index in [1.165, 1.54) is 0 Å². The van der Waals surface area contributed by atoms with Gasteiger partial charge in [-0.25, -0.2) is 0 Å². The third-order valence-corrected chi connectivity index (χ3v) is 4.92. The molecule has 0 aromatic rings. The molecular formula is C15H23BrO4. The van der Waals surface area contributed by atoms with E-state index in [0.717, 1.165) is 36.8 Å². The Balaban J connectivity index is 1.77. The van der Waals surface area contributed by atoms with Gasteiger partial charge in [-0.3, -0.25) is 4.79 Å². The lowest BCUT2D eigenvalue weighted by Gasteiger charge is -2.27. The molecule has 1 fully saturated rings. The third kappa shape index (κ3) is 3.83. The Labute approximate surface area is 129 Å². The summed E-state index contributed by atoms with van der Waals surface area (Å²) in [5.74, 6) is 0.704. The first kappa shape index (κ1) is 16.0. The van der Waals surface area contributed by atoms with Crippen molar-refractivity contribution in [3.8, 4) is 0 Å². The van der Waals surface area contributed by atoms with Crippen LogP contribution < -0.4 is 0 Å². The fourth-order valence-corrected chi connectivity index (χ4v) is 4.23. The number of unbranched alkanes of at least 4 members (excludes halogenated alkanes) is 1. The number of carbonyl (C=O) groups is 1. The first-order valence-corrected chi connectivity index (χ1v) is 8.07. The van der Waals surface area contributed by atoms with Gasteiger partial charge in [0.15, 0.2) is 0 Å². The van der Waals surface area contributed by atoms with Gasteiger partial charge in [0, 0.05) is 19.6 Å². The average molecular weight is 347 g/mol. The van der Waals surface area contributed by atoms with Crippen molar-refractivity contribution in [2.45, 2.75) is 38.7 Å². The minimum atomic E-state index is -0.0269. The molecule has 4 atom stereocenters. The molecule has 1 heterocycles. The molecule has 0 amide bonds. The van der Waals surface area contributed by atoms with Crippen molar-refractivity contribution < 1.29 is 19.0 Å². The summed E-state index contributed by atoms with van der Waals surface area (Å²) < 4.78 is 16.6. The first-order valence-electron chi connectivity index (χ1n) is 7.28. The number of hydrogen-bond acceptors (Lipinski definition) is 4. The summed E-state index contributed by atoms with van der Waals surface area (Å²) in [6.07, 6.45) is 6.42. The molecular weight excluding hydrogens is 324 g/mol. The van der Waals surface area contributed by atoms with E-state index in [-0.39, 0.29) is 23.9 Å². The Bertz CT molecular complexity index is 369. The molecule has 0 radical (unpaired) electrons. The van der Waals surface area contributed by atoms with Gasteiger partial charge in [0.1, 0.15) is 12.9 Å². The van der Waals surface area contributed by atoms with Gasteiger partial charge >= 0.3 is 5.97 Å². The highest BCUT2D eigenvalue weighted by Crippen LogP contribution is 2.45. The van der Waals surface area contributed by atoms with E-state index in [9.17, 15) is 4.79 Å². The predicted molar refractivity (Wildman–Crippen MR) is 79.3 cm³/mol. The van der Waals surface area contributed by atoms with Crippen LogP contribution in [0.3, 0.4) is 0 Å². The smallest absolute Gasteiger partial charge is 0.310 e. The number of hydrogen-bond donors (Lipinski definition) is 0. The van der Waals surface area contributed by atoms with Crippen LogP contribution in [0.5, 0.6) is 0 Å². The molecule has 114 valence electrons. The highest BCUT2D eigenvalue weighted by Gasteiger charge is 2.46. The fraction of sp³-hybridized carbons (Fsp3) is 0.800. The molecule has 0 saturated carbocycles. The number of methoxy groups -OCH3 is 1. The lowest BCUT2D eigenvalue weighted by atomic mass is 9.77. The highest BCUT2D eigenvalue weighted by molar-refractivity contribution is 9.11. The van der Waals surface area contributed by atoms with Crippen LogP contribution >= 0.6 is 15.9 Å². The van der Waals surface area contributed by atoms with Crippen molar-refractivity contribution >= 4 is 21.9 Å². The van der Waals surface area contributed by atoms with Crippen molar-refractivity contribution in [3.05, 3.63) is 10.6 Å². The third-order valence-electron chi connectivity index (χ3n) is 4.13. The van der Waals surface area contributed by atoms with E-state index >= 15 is 0 Å². The highest BCUT2D eigenvalue weighted by atomic mass is 79.9. The summed E-state index contributed by atoms with van der Waals surface area (Å²) in [7, 11) is 1.63. The molecule has 0 aromatic carbocycles. The lowest BCUT2D eigenvalue weighted by Crippen LogP contribution is -2.26. The maximum absolute atomic E-state index is 11.9. The largest absolute Gasteiger partial charge is 0.462 e. The van der Waals surface area contributed by atoms with Crippen molar-refractivity contribution in [3.63, 3.8) is 0 Å². The maximum atomic E-state index is 11.9. The van der Waals surface area contributed by atoms with Crippen LogP contribution in [0, 0.1) is 17.8 Å². The van der Waals surface area contributed by atoms with Crippen LogP contribution in [-0.4, -0.2) is 32.6 Å². The SMILES string of the molecule is COCOCCCC[C@H]1C=C(Br)[C@H]2[C@H](C)OC(=O)[C@H]2C1. The molecule has 5 heteroatoms. The quantitative estimate of drug-likeness (QED) is 0.403. The molecule has 1 aliphatic heterocycles. The Kier molecular flexibility index (Phi) is 6.05. The Morgan fingerprint density at radius 1 is 1.45 bits per heavy atom. The van der Waals surface area contributed by atoms with Gasteiger partial charge in [-0.2, -0.15) is 0 Å². The predicted octanol–water partition coefficient (Wildman–Crippen LogP) is 3.25. The molecule has 4 nitrogen and oxygen atoms in total. The van der Waals surface area contributed by atoms with Crippen LogP contribution in [0.15, 0.2) is 10.6 Å². The Hall–Kier alpha value is -0.390. The van der Waals surface area contributed by atoms with Crippen LogP contribution in [0.2, 0.25) is 0 Å². The van der Waals surface area contributed by atoms with E-state index in [1.54, 1.807) is 7.11 Å². The molecule has 0 aromatic heterocycles. The van der Waals surface area contributed by atoms with Crippen molar-refractivity contribution in [1.82, 2.24) is 0 Å². The number of allylic oxidation sites excluding steroid dienone is 1. The lowest BCUT2D eigenvalue weighted by molar-refractivity contribution is -0.144. The second-order valence-electron chi connectivity index (χ2n) is 5.63. The number of carbonyl (C=O) groups excluding carboxylic acids is 1. The molecule has 0 unspecified atom stereocenters. The van der Waals surface area contributed by atoms with Crippen LogP contribution in [0.4, 0.5) is 0 Å². The molecule has 2 aliphatic rings. The van der Waals surface area contributed by atoms with E-state index in [2.05, 4.69) is 22.0 Å². The molecule has 1 aliphatic carbocycles. The second-order valence-corrected chi connectivity index (χ2v) is 6.55. The van der Waals surface area contributed by atoms with Gasteiger partial charge in [0.05, 0.1) is 5.92 Å². The van der Waals surface area contributed by atoms with Gasteiger partial charge in [0.25, 0.3) is 0 Å². The number of fused-ring (bicyclic) bond motifs is 1. The number of cyclic esters (lactones) is 1. The maximum Gasteiger partial charge on any atom is 0.310 e. The van der Waals surface area contributed by atoms with Gasteiger partial charge < -0.3 is 14.2 Å². The van der Waals surface area contributed by atoms with Crippen molar-refractivity contribution in [2.75, 3.05) is 20.5 Å². The summed E-state index contributed by atoms with van der Waals surface area (Å²) >= 11 is 3.63. The fourth-order valence-electron chi connectivity index (χ4n) is 3.16. The van der Waals surface area contributed by atoms with Gasteiger partial charge in [0.2, 0.25) is 0 Å². The summed E-state index contributed by atoms with van der Waals surface area (Å²) in [6, 6.07) is 0. The molecule has 20 heavy (non-hydrogen) atoms. The van der Waals surface area contributed by atoms with Gasteiger partial charge in [-0.05, 0) is 36.6 Å². The van der Waals surface area contributed by atoms with Crippen LogP contribution in [0.25, 0.3) is 0 Å². The number of rotatable bonds is 7. The zero-order valence-electron chi connectivity index (χ0n) is 12.1. The number of esters is 1. The number of halogens is 1. The van der Waals surface area contributed by atoms with Crippen LogP contribution in [-0.2, 0) is 19.0 Å². The first-order chi connectivity index (χ1) is 9.63. The monoisotopic (exact) mass is 346 g/mol. The minimum Gasteiger partial charge on any atom is -0.462 e. The van der Waals surface area contributed by atoms with E-state index in [0.29, 0.717) is 12.7 Å². The van der Waals surface area contributed by atoms with Crippen molar-refractivity contribution in [1.29, 1.82) is 0 Å². The molecule has 2 rings (SSSR count). The topological polar surface area (TPSA) is 44.8 Å². The van der Waals surface area contributed by atoms with Crippen LogP contribution in [0.1, 0.15) is 32.6 Å². The zero-order valence-corrected chi connectivity index (χ0v) is 13.7. The summed E-state index contributed by atoms with van der Waals surface area (Å²) in [6.45, 7) is 3.07. The minimum absolute atomic E-state index is 0.00141. The molecule has 0 bridgehead atoms. The zero-order chi connectivity index (χ0) is 14.5. The summed E-state index contributed by atoms with van der Waals surface area (Å²) in [5.41, 5.74) is 0. The normalized spacial score (nSPS) is 32.8.